The van der Waals surface area contributed by atoms with Crippen LogP contribution in [-0.2, 0) is 28.6 Å². The van der Waals surface area contributed by atoms with Crippen molar-refractivity contribution in [1.82, 2.24) is 0 Å². The van der Waals surface area contributed by atoms with Gasteiger partial charge in [0.2, 0.25) is 0 Å². The second-order valence-corrected chi connectivity index (χ2v) is 20.9. The van der Waals surface area contributed by atoms with Crippen molar-refractivity contribution in [2.24, 2.45) is 0 Å². The molecule has 0 aromatic heterocycles. The standard InChI is InChI=1S/C69H118O6/c1-4-7-10-13-16-19-22-25-28-31-34-37-40-43-46-49-52-55-58-61-67(70)73-64-66(75-69(72)63-60-57-54-51-48-45-42-39-36-33-30-27-24-21-18-15-12-9-6-3)65-74-68(71)62-59-56-53-50-47-44-41-38-35-32-29-26-23-20-17-14-11-8-5-2/h7,10,16-17,19-20,25-30,34,37,43,46,66H,4-6,8-9,11-15,18,21-24,31-33,35-36,38-42,44-45,47-65H2,1-3H3/b10-7-,19-16-,20-17-,28-25-,29-26-,30-27-,37-34-,46-43-/t66-/m1/s1. The van der Waals surface area contributed by atoms with Crippen LogP contribution in [0.4, 0.5) is 0 Å². The largest absolute Gasteiger partial charge is 0.462 e. The summed E-state index contributed by atoms with van der Waals surface area (Å²) in [5, 5.41) is 0. The molecule has 6 nitrogen and oxygen atoms in total. The number of hydrogen-bond donors (Lipinski definition) is 0. The van der Waals surface area contributed by atoms with Crippen molar-refractivity contribution < 1.29 is 28.6 Å². The van der Waals surface area contributed by atoms with Crippen LogP contribution in [-0.4, -0.2) is 37.2 Å². The fraction of sp³-hybridized carbons (Fsp3) is 0.725. The van der Waals surface area contributed by atoms with Crippen molar-refractivity contribution in [2.75, 3.05) is 13.2 Å². The first-order chi connectivity index (χ1) is 37.0. The van der Waals surface area contributed by atoms with Gasteiger partial charge in [-0.05, 0) is 122 Å². The molecule has 75 heavy (non-hydrogen) atoms. The Balaban J connectivity index is 4.45. The molecule has 0 spiro atoms. The van der Waals surface area contributed by atoms with Gasteiger partial charge in [-0.25, -0.2) is 0 Å². The van der Waals surface area contributed by atoms with Gasteiger partial charge in [0.15, 0.2) is 6.10 Å². The minimum absolute atomic E-state index is 0.0907. The van der Waals surface area contributed by atoms with Gasteiger partial charge >= 0.3 is 17.9 Å². The molecule has 0 heterocycles. The number of rotatable bonds is 57. The van der Waals surface area contributed by atoms with Gasteiger partial charge in [-0.15, -0.1) is 0 Å². The van der Waals surface area contributed by atoms with Crippen LogP contribution in [0.25, 0.3) is 0 Å². The Morgan fingerprint density at radius 2 is 0.520 bits per heavy atom. The summed E-state index contributed by atoms with van der Waals surface area (Å²) in [5.74, 6) is -0.920. The first-order valence-corrected chi connectivity index (χ1v) is 31.7. The average Bonchev–Trinajstić information content (AvgIpc) is 3.41. The van der Waals surface area contributed by atoms with E-state index in [9.17, 15) is 14.4 Å². The molecule has 1 atom stereocenters. The normalized spacial score (nSPS) is 12.7. The van der Waals surface area contributed by atoms with E-state index in [1.165, 1.54) is 161 Å². The van der Waals surface area contributed by atoms with Gasteiger partial charge in [0.05, 0.1) is 0 Å². The third kappa shape index (κ3) is 61.1. The lowest BCUT2D eigenvalue weighted by molar-refractivity contribution is -0.167. The highest BCUT2D eigenvalue weighted by Gasteiger charge is 2.19. The van der Waals surface area contributed by atoms with E-state index >= 15 is 0 Å². The SMILES string of the molecule is CC/C=C\C/C=C\C/C=C\C/C=C\C/C=C\CCCCCC(=O)OC[C@H](COC(=O)CCCCCCCCCCC/C=C\C/C=C\CCCCC)OC(=O)CCCCCCCCCCC/C=C\CCCCCCCC. The van der Waals surface area contributed by atoms with Gasteiger partial charge < -0.3 is 14.2 Å². The molecule has 0 bridgehead atoms. The molecule has 0 aliphatic heterocycles. The Bertz CT molecular complexity index is 1480. The topological polar surface area (TPSA) is 78.9 Å². The first-order valence-electron chi connectivity index (χ1n) is 31.7. The highest BCUT2D eigenvalue weighted by atomic mass is 16.6. The van der Waals surface area contributed by atoms with Crippen molar-refractivity contribution in [2.45, 2.75) is 309 Å². The molecule has 0 saturated heterocycles. The van der Waals surface area contributed by atoms with Crippen LogP contribution in [0, 0.1) is 0 Å². The maximum absolute atomic E-state index is 12.9. The Labute approximate surface area is 464 Å². The molecule has 0 aromatic rings. The lowest BCUT2D eigenvalue weighted by atomic mass is 10.1. The van der Waals surface area contributed by atoms with Gasteiger partial charge in [-0.3, -0.25) is 14.4 Å². The monoisotopic (exact) mass is 1040 g/mol. The van der Waals surface area contributed by atoms with Crippen LogP contribution in [0.3, 0.4) is 0 Å². The number of ether oxygens (including phenoxy) is 3. The van der Waals surface area contributed by atoms with E-state index in [0.717, 1.165) is 103 Å². The summed E-state index contributed by atoms with van der Waals surface area (Å²) in [7, 11) is 0. The number of carbonyl (C=O) groups excluding carboxylic acids is 3. The highest BCUT2D eigenvalue weighted by Crippen LogP contribution is 2.16. The molecule has 0 aliphatic carbocycles. The maximum Gasteiger partial charge on any atom is 0.306 e. The zero-order valence-corrected chi connectivity index (χ0v) is 49.3. The predicted octanol–water partition coefficient (Wildman–Crippen LogP) is 21.7. The van der Waals surface area contributed by atoms with Gasteiger partial charge in [0.1, 0.15) is 13.2 Å². The molecule has 0 N–H and O–H groups in total. The van der Waals surface area contributed by atoms with Crippen LogP contribution in [0.15, 0.2) is 97.2 Å². The molecule has 0 rings (SSSR count). The number of unbranched alkanes of at least 4 members (excludes halogenated alkanes) is 30. The van der Waals surface area contributed by atoms with Gasteiger partial charge in [0.25, 0.3) is 0 Å². The van der Waals surface area contributed by atoms with E-state index in [0.29, 0.717) is 19.3 Å². The van der Waals surface area contributed by atoms with E-state index in [-0.39, 0.29) is 31.1 Å². The van der Waals surface area contributed by atoms with E-state index in [4.69, 9.17) is 14.2 Å². The molecule has 0 aliphatic rings. The second-order valence-electron chi connectivity index (χ2n) is 20.9. The van der Waals surface area contributed by atoms with Crippen molar-refractivity contribution in [3.63, 3.8) is 0 Å². The summed E-state index contributed by atoms with van der Waals surface area (Å²) in [4.78, 5) is 38.3. The third-order valence-electron chi connectivity index (χ3n) is 13.5. The van der Waals surface area contributed by atoms with Crippen LogP contribution in [0.5, 0.6) is 0 Å². The number of hydrogen-bond acceptors (Lipinski definition) is 6. The first kappa shape index (κ1) is 71.3. The molecular formula is C69H118O6. The Hall–Kier alpha value is -3.67. The molecule has 0 aromatic carbocycles. The number of allylic oxidation sites excluding steroid dienone is 16. The van der Waals surface area contributed by atoms with E-state index in [1.807, 2.05) is 0 Å². The lowest BCUT2D eigenvalue weighted by Gasteiger charge is -2.18. The van der Waals surface area contributed by atoms with Crippen LogP contribution < -0.4 is 0 Å². The molecule has 430 valence electrons. The molecule has 0 fully saturated rings. The van der Waals surface area contributed by atoms with E-state index < -0.39 is 6.10 Å². The summed E-state index contributed by atoms with van der Waals surface area (Å²) >= 11 is 0. The van der Waals surface area contributed by atoms with E-state index in [1.54, 1.807) is 0 Å². The van der Waals surface area contributed by atoms with Crippen molar-refractivity contribution in [3.05, 3.63) is 97.2 Å². The Kier molecular flexibility index (Phi) is 59.8. The molecule has 0 amide bonds. The smallest absolute Gasteiger partial charge is 0.306 e. The van der Waals surface area contributed by atoms with E-state index in [2.05, 4.69) is 118 Å². The predicted molar refractivity (Wildman–Crippen MR) is 325 cm³/mol. The summed E-state index contributed by atoms with van der Waals surface area (Å²) in [5.41, 5.74) is 0. The zero-order chi connectivity index (χ0) is 54.3. The summed E-state index contributed by atoms with van der Waals surface area (Å²) in [6.45, 7) is 6.49. The molecular weight excluding hydrogens is 925 g/mol. The second kappa shape index (κ2) is 62.9. The average molecular weight is 1040 g/mol. The highest BCUT2D eigenvalue weighted by molar-refractivity contribution is 5.71. The number of esters is 3. The van der Waals surface area contributed by atoms with Crippen LogP contribution in [0.2, 0.25) is 0 Å². The fourth-order valence-corrected chi connectivity index (χ4v) is 8.79. The fourth-order valence-electron chi connectivity index (χ4n) is 8.79. The minimum atomic E-state index is -0.796. The van der Waals surface area contributed by atoms with Crippen molar-refractivity contribution in [3.8, 4) is 0 Å². The molecule has 0 radical (unpaired) electrons. The minimum Gasteiger partial charge on any atom is -0.462 e. The lowest BCUT2D eigenvalue weighted by Crippen LogP contribution is -2.30. The third-order valence-corrected chi connectivity index (χ3v) is 13.5. The van der Waals surface area contributed by atoms with Gasteiger partial charge in [-0.2, -0.15) is 0 Å². The van der Waals surface area contributed by atoms with Crippen LogP contribution >= 0.6 is 0 Å². The Morgan fingerprint density at radius 3 is 0.867 bits per heavy atom. The number of carbonyl (C=O) groups is 3. The van der Waals surface area contributed by atoms with Gasteiger partial charge in [-0.1, -0.05) is 259 Å². The molecule has 0 saturated carbocycles. The molecule has 6 heteroatoms. The molecule has 0 unspecified atom stereocenters. The van der Waals surface area contributed by atoms with Crippen LogP contribution in [0.1, 0.15) is 303 Å². The quantitative estimate of drug-likeness (QED) is 0.0261. The van der Waals surface area contributed by atoms with Crippen molar-refractivity contribution >= 4 is 17.9 Å². The Morgan fingerprint density at radius 1 is 0.280 bits per heavy atom. The summed E-state index contributed by atoms with van der Waals surface area (Å²) in [6, 6.07) is 0. The summed E-state index contributed by atoms with van der Waals surface area (Å²) < 4.78 is 16.9. The van der Waals surface area contributed by atoms with Crippen molar-refractivity contribution in [1.29, 1.82) is 0 Å². The zero-order valence-electron chi connectivity index (χ0n) is 49.3. The van der Waals surface area contributed by atoms with Gasteiger partial charge in [0, 0.05) is 19.3 Å². The summed E-state index contributed by atoms with van der Waals surface area (Å²) in [6.07, 6.45) is 84.0. The maximum atomic E-state index is 12.9.